The van der Waals surface area contributed by atoms with Crippen molar-refractivity contribution in [1.82, 2.24) is 19.5 Å². The summed E-state index contributed by atoms with van der Waals surface area (Å²) in [5.74, 6) is 1.59. The molecular weight excluding hydrogens is 835 g/mol. The van der Waals surface area contributed by atoms with E-state index in [-0.39, 0.29) is 0 Å². The van der Waals surface area contributed by atoms with Gasteiger partial charge in [0.2, 0.25) is 0 Å². The molecule has 0 amide bonds. The molecule has 0 bridgehead atoms. The summed E-state index contributed by atoms with van der Waals surface area (Å²) in [4.78, 5) is 15.6. The standard InChI is InChI=1S/C60H33N7O/c61-34-37-15-18-39(19-16-37)42-21-26-53-50(30-42)51-32-45(47-24-17-38(35-62)29-46(47)36-63)23-28-54(51)67(53)55-27-22-43(44-20-25-49-48-13-7-8-14-56(48)68-57(49)33-44)31-52(55)60-65-58(40-9-3-1-4-10-40)64-59(66-60)41-11-5-2-6-12-41/h1-33H. The molecule has 12 aromatic rings. The van der Waals surface area contributed by atoms with Crippen LogP contribution in [0.3, 0.4) is 0 Å². The maximum Gasteiger partial charge on any atom is 0.166 e. The van der Waals surface area contributed by atoms with Gasteiger partial charge in [0.05, 0.1) is 51.6 Å². The quantitative estimate of drug-likeness (QED) is 0.156. The number of nitriles is 3. The molecule has 0 aliphatic carbocycles. The number of hydrogen-bond acceptors (Lipinski definition) is 7. The van der Waals surface area contributed by atoms with Crippen molar-refractivity contribution < 1.29 is 4.42 Å². The molecule has 314 valence electrons. The molecule has 0 atom stereocenters. The van der Waals surface area contributed by atoms with Crippen molar-refractivity contribution in [2.45, 2.75) is 0 Å². The lowest BCUT2D eigenvalue weighted by Gasteiger charge is -2.16. The highest BCUT2D eigenvalue weighted by atomic mass is 16.3. The predicted molar refractivity (Wildman–Crippen MR) is 268 cm³/mol. The third kappa shape index (κ3) is 6.80. The first kappa shape index (κ1) is 39.6. The highest BCUT2D eigenvalue weighted by Crippen LogP contribution is 2.42. The Bertz CT molecular complexity index is 4050. The van der Waals surface area contributed by atoms with Gasteiger partial charge in [-0.1, -0.05) is 121 Å². The summed E-state index contributed by atoms with van der Waals surface area (Å²) in [6.45, 7) is 0. The molecule has 0 fully saturated rings. The first-order valence-electron chi connectivity index (χ1n) is 22.0. The third-order valence-electron chi connectivity index (χ3n) is 12.6. The van der Waals surface area contributed by atoms with Gasteiger partial charge in [0.15, 0.2) is 17.5 Å². The average Bonchev–Trinajstić information content (AvgIpc) is 3.95. The fourth-order valence-electron chi connectivity index (χ4n) is 9.25. The van der Waals surface area contributed by atoms with E-state index in [0.717, 1.165) is 99.5 Å². The fourth-order valence-corrected chi connectivity index (χ4v) is 9.25. The van der Waals surface area contributed by atoms with Crippen LogP contribution in [0.2, 0.25) is 0 Å². The van der Waals surface area contributed by atoms with Gasteiger partial charge in [-0.2, -0.15) is 15.8 Å². The highest BCUT2D eigenvalue weighted by Gasteiger charge is 2.22. The van der Waals surface area contributed by atoms with Gasteiger partial charge in [-0.3, -0.25) is 0 Å². The van der Waals surface area contributed by atoms with Gasteiger partial charge in [-0.15, -0.1) is 0 Å². The molecule has 3 heterocycles. The summed E-state index contributed by atoms with van der Waals surface area (Å²) in [6, 6.07) is 73.0. The van der Waals surface area contributed by atoms with Crippen LogP contribution in [0.4, 0.5) is 0 Å². The van der Waals surface area contributed by atoms with E-state index in [9.17, 15) is 15.8 Å². The number of furan rings is 1. The van der Waals surface area contributed by atoms with Crippen LogP contribution in [0, 0.1) is 34.0 Å². The summed E-state index contributed by atoms with van der Waals surface area (Å²) < 4.78 is 8.64. The molecule has 0 saturated carbocycles. The summed E-state index contributed by atoms with van der Waals surface area (Å²) >= 11 is 0. The summed E-state index contributed by atoms with van der Waals surface area (Å²) in [7, 11) is 0. The molecule has 8 nitrogen and oxygen atoms in total. The molecule has 68 heavy (non-hydrogen) atoms. The van der Waals surface area contributed by atoms with E-state index >= 15 is 0 Å². The Morgan fingerprint density at radius 3 is 1.59 bits per heavy atom. The van der Waals surface area contributed by atoms with Gasteiger partial charge in [-0.25, -0.2) is 15.0 Å². The predicted octanol–water partition coefficient (Wildman–Crippen LogP) is 14.5. The van der Waals surface area contributed by atoms with E-state index in [1.54, 1.807) is 12.1 Å². The minimum atomic E-state index is 0.419. The third-order valence-corrected chi connectivity index (χ3v) is 12.6. The van der Waals surface area contributed by atoms with Crippen LogP contribution in [0.5, 0.6) is 0 Å². The molecular formula is C60H33N7O. The van der Waals surface area contributed by atoms with Crippen LogP contribution in [0.25, 0.3) is 117 Å². The number of nitrogens with zero attached hydrogens (tertiary/aromatic N) is 7. The van der Waals surface area contributed by atoms with Crippen LogP contribution in [-0.4, -0.2) is 19.5 Å². The van der Waals surface area contributed by atoms with Crippen molar-refractivity contribution in [3.63, 3.8) is 0 Å². The van der Waals surface area contributed by atoms with Crippen molar-refractivity contribution in [3.05, 3.63) is 217 Å². The van der Waals surface area contributed by atoms with Crippen molar-refractivity contribution in [1.29, 1.82) is 15.8 Å². The second-order valence-corrected chi connectivity index (χ2v) is 16.6. The molecule has 0 unspecified atom stereocenters. The Morgan fingerprint density at radius 1 is 0.353 bits per heavy atom. The molecule has 8 heteroatoms. The van der Waals surface area contributed by atoms with E-state index in [0.29, 0.717) is 34.2 Å². The van der Waals surface area contributed by atoms with Crippen LogP contribution < -0.4 is 0 Å². The Kier molecular flexibility index (Phi) is 9.47. The van der Waals surface area contributed by atoms with Crippen LogP contribution in [0.15, 0.2) is 205 Å². The summed E-state index contributed by atoms with van der Waals surface area (Å²) in [5.41, 5.74) is 13.7. The zero-order valence-electron chi connectivity index (χ0n) is 36.1. The molecule has 9 aromatic carbocycles. The lowest BCUT2D eigenvalue weighted by molar-refractivity contribution is 0.669. The Hall–Kier alpha value is -9.94. The smallest absolute Gasteiger partial charge is 0.166 e. The molecule has 0 radical (unpaired) electrons. The number of benzene rings is 9. The van der Waals surface area contributed by atoms with E-state index in [4.69, 9.17) is 19.4 Å². The first-order chi connectivity index (χ1) is 33.5. The minimum absolute atomic E-state index is 0.419. The van der Waals surface area contributed by atoms with E-state index in [1.807, 2.05) is 115 Å². The number of para-hydroxylation sites is 1. The molecule has 0 N–H and O–H groups in total. The normalized spacial score (nSPS) is 11.2. The SMILES string of the molecule is N#Cc1ccc(-c2ccc3c(c2)c2cc(-c4ccc(C#N)cc4C#N)ccc2n3-c2ccc(-c3ccc4c(c3)oc3ccccc34)cc2-c2nc(-c3ccccc3)nc(-c3ccccc3)n2)cc1. The molecule has 0 aliphatic heterocycles. The number of hydrogen-bond donors (Lipinski definition) is 0. The molecule has 0 saturated heterocycles. The Morgan fingerprint density at radius 2 is 0.897 bits per heavy atom. The zero-order valence-corrected chi connectivity index (χ0v) is 36.1. The number of rotatable bonds is 7. The lowest BCUT2D eigenvalue weighted by Crippen LogP contribution is -2.04. The summed E-state index contributed by atoms with van der Waals surface area (Å²) in [6.07, 6.45) is 0. The van der Waals surface area contributed by atoms with Crippen molar-refractivity contribution >= 4 is 43.7 Å². The van der Waals surface area contributed by atoms with Crippen molar-refractivity contribution in [2.24, 2.45) is 0 Å². The fraction of sp³-hybridized carbons (Fsp3) is 0. The first-order valence-corrected chi connectivity index (χ1v) is 22.0. The van der Waals surface area contributed by atoms with Gasteiger partial charge in [-0.05, 0) is 112 Å². The van der Waals surface area contributed by atoms with Crippen LogP contribution in [-0.2, 0) is 0 Å². The van der Waals surface area contributed by atoms with Crippen molar-refractivity contribution in [3.8, 4) is 91.4 Å². The van der Waals surface area contributed by atoms with Crippen LogP contribution >= 0.6 is 0 Å². The molecule has 3 aromatic heterocycles. The van der Waals surface area contributed by atoms with Crippen molar-refractivity contribution in [2.75, 3.05) is 0 Å². The molecule has 0 spiro atoms. The van der Waals surface area contributed by atoms with E-state index in [2.05, 4.69) is 95.6 Å². The minimum Gasteiger partial charge on any atom is -0.456 e. The van der Waals surface area contributed by atoms with E-state index < -0.39 is 0 Å². The Labute approximate surface area is 390 Å². The average molecular weight is 868 g/mol. The van der Waals surface area contributed by atoms with Gasteiger partial charge >= 0.3 is 0 Å². The maximum absolute atomic E-state index is 10.2. The van der Waals surface area contributed by atoms with Gasteiger partial charge in [0.25, 0.3) is 0 Å². The largest absolute Gasteiger partial charge is 0.456 e. The monoisotopic (exact) mass is 867 g/mol. The topological polar surface area (TPSA) is 128 Å². The number of fused-ring (bicyclic) bond motifs is 6. The second kappa shape index (κ2) is 16.2. The number of aromatic nitrogens is 4. The van der Waals surface area contributed by atoms with Gasteiger partial charge in [0, 0.05) is 38.2 Å². The molecule has 0 aliphatic rings. The van der Waals surface area contributed by atoms with Crippen LogP contribution in [0.1, 0.15) is 16.7 Å². The maximum atomic E-state index is 10.2. The van der Waals surface area contributed by atoms with Gasteiger partial charge in [0.1, 0.15) is 11.2 Å². The molecule has 12 rings (SSSR count). The van der Waals surface area contributed by atoms with E-state index in [1.165, 1.54) is 0 Å². The lowest BCUT2D eigenvalue weighted by atomic mass is 9.96. The summed E-state index contributed by atoms with van der Waals surface area (Å²) in [5, 5.41) is 33.5. The zero-order chi connectivity index (χ0) is 45.7. The van der Waals surface area contributed by atoms with Gasteiger partial charge < -0.3 is 8.98 Å². The second-order valence-electron chi connectivity index (χ2n) is 16.6. The highest BCUT2D eigenvalue weighted by molar-refractivity contribution is 6.12. The Balaban J connectivity index is 1.14.